The van der Waals surface area contributed by atoms with Gasteiger partial charge in [-0.15, -0.1) is 11.3 Å². The predicted molar refractivity (Wildman–Crippen MR) is 92.6 cm³/mol. The van der Waals surface area contributed by atoms with Gasteiger partial charge in [0.15, 0.2) is 0 Å². The molecule has 0 spiro atoms. The largest absolute Gasteiger partial charge is 0.338 e. The van der Waals surface area contributed by atoms with Crippen molar-refractivity contribution in [1.29, 1.82) is 0 Å². The van der Waals surface area contributed by atoms with E-state index in [-0.39, 0.29) is 0 Å². The van der Waals surface area contributed by atoms with E-state index in [9.17, 15) is 0 Å². The third kappa shape index (κ3) is 3.27. The summed E-state index contributed by atoms with van der Waals surface area (Å²) in [6, 6.07) is 3.99. The molecular weight excluding hydrogens is 322 g/mol. The number of nitrogens with one attached hydrogen (secondary N) is 1. The van der Waals surface area contributed by atoms with Crippen LogP contribution in [-0.2, 0) is 25.9 Å². The van der Waals surface area contributed by atoms with E-state index in [0.717, 1.165) is 30.0 Å². The second-order valence-corrected chi connectivity index (χ2v) is 7.30. The van der Waals surface area contributed by atoms with Crippen LogP contribution in [0, 0.1) is 0 Å². The lowest BCUT2D eigenvalue weighted by molar-refractivity contribution is 0.258. The highest BCUT2D eigenvalue weighted by molar-refractivity contribution is 7.13. The second-order valence-electron chi connectivity index (χ2n) is 6.35. The molecule has 0 aromatic carbocycles. The topological polar surface area (TPSA) is 70.8 Å². The van der Waals surface area contributed by atoms with Crippen molar-refractivity contribution in [2.45, 2.75) is 45.2 Å². The van der Waals surface area contributed by atoms with Crippen LogP contribution in [0.3, 0.4) is 0 Å². The van der Waals surface area contributed by atoms with Gasteiger partial charge in [0.1, 0.15) is 0 Å². The van der Waals surface area contributed by atoms with Crippen LogP contribution in [0.4, 0.5) is 0 Å². The Morgan fingerprint density at radius 3 is 3.04 bits per heavy atom. The van der Waals surface area contributed by atoms with Crippen molar-refractivity contribution in [1.82, 2.24) is 25.2 Å². The van der Waals surface area contributed by atoms with E-state index in [1.165, 1.54) is 30.5 Å². The molecule has 0 radical (unpaired) electrons. The minimum atomic E-state index is 0.625. The van der Waals surface area contributed by atoms with Gasteiger partial charge in [0.2, 0.25) is 11.7 Å². The summed E-state index contributed by atoms with van der Waals surface area (Å²) >= 11 is 1.62. The number of fused-ring (bicyclic) bond motifs is 1. The molecule has 6 nitrogen and oxygen atoms in total. The van der Waals surface area contributed by atoms with Gasteiger partial charge < -0.3 is 4.52 Å². The molecule has 24 heavy (non-hydrogen) atoms. The van der Waals surface area contributed by atoms with Crippen LogP contribution in [0.15, 0.2) is 22.0 Å². The van der Waals surface area contributed by atoms with Gasteiger partial charge in [0.05, 0.1) is 17.1 Å². The molecule has 0 saturated carbocycles. The molecule has 126 valence electrons. The van der Waals surface area contributed by atoms with Crippen LogP contribution in [0.2, 0.25) is 0 Å². The predicted octanol–water partition coefficient (Wildman–Crippen LogP) is 3.42. The van der Waals surface area contributed by atoms with Crippen LogP contribution >= 0.6 is 11.3 Å². The van der Waals surface area contributed by atoms with Gasteiger partial charge in [-0.25, -0.2) is 0 Å². The van der Waals surface area contributed by atoms with Gasteiger partial charge in [-0.1, -0.05) is 17.6 Å². The number of H-pyrrole nitrogens is 1. The van der Waals surface area contributed by atoms with Gasteiger partial charge in [-0.2, -0.15) is 10.1 Å². The SMILES string of the molecule is CN(Cc1nc(-c2cccs2)no1)Cc1n[nH]c2c1CCCCC2. The average Bonchev–Trinajstić information content (AvgIpc) is 3.28. The molecule has 0 saturated heterocycles. The van der Waals surface area contributed by atoms with Crippen LogP contribution < -0.4 is 0 Å². The lowest BCUT2D eigenvalue weighted by atomic mass is 10.1. The van der Waals surface area contributed by atoms with Crippen LogP contribution in [0.1, 0.15) is 42.1 Å². The average molecular weight is 343 g/mol. The molecule has 3 aromatic rings. The molecule has 0 atom stereocenters. The molecule has 3 aromatic heterocycles. The van der Waals surface area contributed by atoms with Crippen LogP contribution in [0.25, 0.3) is 10.7 Å². The minimum absolute atomic E-state index is 0.625. The molecular formula is C17H21N5OS. The molecule has 0 amide bonds. The summed E-state index contributed by atoms with van der Waals surface area (Å²) in [6.45, 7) is 1.42. The summed E-state index contributed by atoms with van der Waals surface area (Å²) in [7, 11) is 2.06. The Labute approximate surface area is 144 Å². The van der Waals surface area contributed by atoms with Crippen molar-refractivity contribution >= 4 is 11.3 Å². The Hall–Kier alpha value is -1.99. The van der Waals surface area contributed by atoms with E-state index < -0.39 is 0 Å². The molecule has 0 unspecified atom stereocenters. The van der Waals surface area contributed by atoms with E-state index >= 15 is 0 Å². The Kier molecular flexibility index (Phi) is 4.44. The first-order valence-corrected chi connectivity index (χ1v) is 9.27. The van der Waals surface area contributed by atoms with Crippen molar-refractivity contribution < 1.29 is 4.52 Å². The second kappa shape index (κ2) is 6.86. The number of rotatable bonds is 5. The van der Waals surface area contributed by atoms with Gasteiger partial charge in [0, 0.05) is 12.2 Å². The maximum Gasteiger partial charge on any atom is 0.241 e. The normalized spacial score (nSPS) is 14.8. The van der Waals surface area contributed by atoms with Crippen molar-refractivity contribution in [2.75, 3.05) is 7.05 Å². The summed E-state index contributed by atoms with van der Waals surface area (Å²) < 4.78 is 5.39. The summed E-state index contributed by atoms with van der Waals surface area (Å²) in [5.74, 6) is 1.31. The molecule has 0 fully saturated rings. The van der Waals surface area contributed by atoms with Crippen molar-refractivity contribution in [3.8, 4) is 10.7 Å². The summed E-state index contributed by atoms with van der Waals surface area (Å²) in [6.07, 6.45) is 6.10. The first kappa shape index (κ1) is 15.5. The fourth-order valence-corrected chi connectivity index (χ4v) is 3.87. The monoisotopic (exact) mass is 343 g/mol. The first-order chi connectivity index (χ1) is 11.8. The van der Waals surface area contributed by atoms with Gasteiger partial charge in [-0.05, 0) is 49.7 Å². The van der Waals surface area contributed by atoms with Crippen molar-refractivity contribution in [2.24, 2.45) is 0 Å². The van der Waals surface area contributed by atoms with Crippen LogP contribution in [0.5, 0.6) is 0 Å². The van der Waals surface area contributed by atoms with E-state index in [2.05, 4.69) is 32.3 Å². The van der Waals surface area contributed by atoms with E-state index in [4.69, 9.17) is 4.52 Å². The maximum atomic E-state index is 5.39. The number of thiophene rings is 1. The third-order valence-corrected chi connectivity index (χ3v) is 5.29. The fourth-order valence-electron chi connectivity index (χ4n) is 3.22. The molecule has 0 bridgehead atoms. The molecule has 1 aliphatic carbocycles. The zero-order valence-corrected chi connectivity index (χ0v) is 14.6. The zero-order chi connectivity index (χ0) is 16.4. The van der Waals surface area contributed by atoms with Gasteiger partial charge in [-0.3, -0.25) is 10.00 Å². The van der Waals surface area contributed by atoms with E-state index in [1.807, 2.05) is 17.5 Å². The van der Waals surface area contributed by atoms with Crippen LogP contribution in [-0.4, -0.2) is 32.3 Å². The zero-order valence-electron chi connectivity index (χ0n) is 13.8. The van der Waals surface area contributed by atoms with Gasteiger partial charge in [0.25, 0.3) is 0 Å². The molecule has 7 heteroatoms. The standard InChI is InChI=1S/C17H21N5OS/c1-22(10-14-12-6-3-2-4-7-13(12)19-20-14)11-16-18-17(21-23-16)15-8-5-9-24-15/h5,8-9H,2-4,6-7,10-11H2,1H3,(H,19,20). The van der Waals surface area contributed by atoms with E-state index in [0.29, 0.717) is 18.3 Å². The lowest BCUT2D eigenvalue weighted by Crippen LogP contribution is -2.18. The summed E-state index contributed by atoms with van der Waals surface area (Å²) in [5.41, 5.74) is 3.91. The van der Waals surface area contributed by atoms with E-state index in [1.54, 1.807) is 11.3 Å². The Balaban J connectivity index is 1.42. The first-order valence-electron chi connectivity index (χ1n) is 8.39. The Morgan fingerprint density at radius 2 is 2.17 bits per heavy atom. The van der Waals surface area contributed by atoms with Crippen molar-refractivity contribution in [3.05, 3.63) is 40.4 Å². The highest BCUT2D eigenvalue weighted by Gasteiger charge is 2.18. The smallest absolute Gasteiger partial charge is 0.241 e. The van der Waals surface area contributed by atoms with Crippen molar-refractivity contribution in [3.63, 3.8) is 0 Å². The lowest BCUT2D eigenvalue weighted by Gasteiger charge is -2.13. The minimum Gasteiger partial charge on any atom is -0.338 e. The third-order valence-electron chi connectivity index (χ3n) is 4.43. The van der Waals surface area contributed by atoms with Gasteiger partial charge >= 0.3 is 0 Å². The molecule has 3 heterocycles. The number of hydrogen-bond acceptors (Lipinski definition) is 6. The molecule has 1 aliphatic rings. The highest BCUT2D eigenvalue weighted by Crippen LogP contribution is 2.24. The Morgan fingerprint density at radius 1 is 1.25 bits per heavy atom. The highest BCUT2D eigenvalue weighted by atomic mass is 32.1. The summed E-state index contributed by atoms with van der Waals surface area (Å²) in [5, 5.41) is 13.8. The molecule has 4 rings (SSSR count). The number of aromatic nitrogens is 4. The quantitative estimate of drug-likeness (QED) is 0.719. The molecule has 0 aliphatic heterocycles. The fraction of sp³-hybridized carbons (Fsp3) is 0.471. The number of nitrogens with zero attached hydrogens (tertiary/aromatic N) is 4. The number of aromatic amines is 1. The number of hydrogen-bond donors (Lipinski definition) is 1. The Bertz CT molecular complexity index is 792. The maximum absolute atomic E-state index is 5.39. The number of aryl methyl sites for hydroxylation is 1. The molecule has 1 N–H and O–H groups in total. The summed E-state index contributed by atoms with van der Waals surface area (Å²) in [4.78, 5) is 7.69.